The maximum atomic E-state index is 12.7. The minimum atomic E-state index is 0.340. The van der Waals surface area contributed by atoms with Crippen LogP contribution in [-0.2, 0) is 17.8 Å². The average molecular weight is 393 g/mol. The molecule has 2 fully saturated rings. The summed E-state index contributed by atoms with van der Waals surface area (Å²) in [6, 6.07) is 17.3. The molecule has 0 N–H and O–H groups in total. The van der Waals surface area contributed by atoms with Gasteiger partial charge in [-0.3, -0.25) is 9.69 Å². The van der Waals surface area contributed by atoms with Gasteiger partial charge in [-0.15, -0.1) is 0 Å². The van der Waals surface area contributed by atoms with Crippen LogP contribution >= 0.6 is 0 Å². The summed E-state index contributed by atoms with van der Waals surface area (Å²) in [5, 5.41) is 0. The van der Waals surface area contributed by atoms with Gasteiger partial charge in [-0.25, -0.2) is 0 Å². The Morgan fingerprint density at radius 2 is 1.86 bits per heavy atom. The lowest BCUT2D eigenvalue weighted by Crippen LogP contribution is -2.56. The quantitative estimate of drug-likeness (QED) is 0.743. The van der Waals surface area contributed by atoms with Gasteiger partial charge in [0.15, 0.2) is 0 Å². The van der Waals surface area contributed by atoms with Gasteiger partial charge in [0.05, 0.1) is 7.11 Å². The number of carbonyl (C=O) groups excluding carboxylic acids is 1. The van der Waals surface area contributed by atoms with Crippen LogP contribution in [0.5, 0.6) is 5.75 Å². The molecule has 0 unspecified atom stereocenters. The molecule has 2 saturated heterocycles. The topological polar surface area (TPSA) is 32.8 Å². The van der Waals surface area contributed by atoms with Crippen LogP contribution in [0.2, 0.25) is 0 Å². The predicted octanol–water partition coefficient (Wildman–Crippen LogP) is 4.06. The number of hydrogen-bond acceptors (Lipinski definition) is 3. The number of fused-ring (bicyclic) bond motifs is 1. The first-order valence-corrected chi connectivity index (χ1v) is 10.8. The van der Waals surface area contributed by atoms with Crippen molar-refractivity contribution in [3.05, 3.63) is 65.2 Å². The molecule has 0 aromatic heterocycles. The standard InChI is InChI=1S/C25H32N2O2/c1-19-5-3-4-6-21(19)17-26-15-14-24-22(18-26)9-12-25(28)27(24)16-13-20-7-10-23(29-2)11-8-20/h3-8,10-11,22,24H,9,12-18H2,1-2H3/t22-,24+/m1/s1. The van der Waals surface area contributed by atoms with E-state index in [9.17, 15) is 4.79 Å². The number of carbonyl (C=O) groups is 1. The van der Waals surface area contributed by atoms with Crippen LogP contribution in [0.1, 0.15) is 36.0 Å². The number of methoxy groups -OCH3 is 1. The second-order valence-electron chi connectivity index (χ2n) is 8.50. The lowest BCUT2D eigenvalue weighted by Gasteiger charge is -2.47. The smallest absolute Gasteiger partial charge is 0.222 e. The van der Waals surface area contributed by atoms with Crippen molar-refractivity contribution in [1.82, 2.24) is 9.80 Å². The van der Waals surface area contributed by atoms with E-state index in [4.69, 9.17) is 4.74 Å². The molecule has 0 saturated carbocycles. The van der Waals surface area contributed by atoms with Crippen LogP contribution in [0.25, 0.3) is 0 Å². The van der Waals surface area contributed by atoms with Gasteiger partial charge in [0, 0.05) is 38.6 Å². The van der Waals surface area contributed by atoms with Crippen LogP contribution in [0.3, 0.4) is 0 Å². The van der Waals surface area contributed by atoms with E-state index in [1.165, 1.54) is 16.7 Å². The van der Waals surface area contributed by atoms with Gasteiger partial charge in [0.25, 0.3) is 0 Å². The third-order valence-electron chi connectivity index (χ3n) is 6.68. The Morgan fingerprint density at radius 1 is 1.07 bits per heavy atom. The molecule has 29 heavy (non-hydrogen) atoms. The number of aryl methyl sites for hydroxylation is 1. The van der Waals surface area contributed by atoms with Gasteiger partial charge in [-0.2, -0.15) is 0 Å². The molecule has 2 aromatic carbocycles. The number of likely N-dealkylation sites (tertiary alicyclic amines) is 2. The summed E-state index contributed by atoms with van der Waals surface area (Å²) in [5.74, 6) is 1.82. The number of nitrogens with zero attached hydrogens (tertiary/aromatic N) is 2. The van der Waals surface area contributed by atoms with Gasteiger partial charge in [0.1, 0.15) is 5.75 Å². The molecule has 4 nitrogen and oxygen atoms in total. The van der Waals surface area contributed by atoms with Gasteiger partial charge in [-0.05, 0) is 60.9 Å². The third-order valence-corrected chi connectivity index (χ3v) is 6.68. The molecule has 1 amide bonds. The summed E-state index contributed by atoms with van der Waals surface area (Å²) >= 11 is 0. The van der Waals surface area contributed by atoms with Crippen molar-refractivity contribution in [2.75, 3.05) is 26.7 Å². The maximum Gasteiger partial charge on any atom is 0.222 e. The SMILES string of the molecule is COc1ccc(CCN2C(=O)CC[C@@H]3CN(Cc4ccccc4C)CC[C@@H]32)cc1. The van der Waals surface area contributed by atoms with Gasteiger partial charge in [-0.1, -0.05) is 36.4 Å². The Bertz CT molecular complexity index is 833. The predicted molar refractivity (Wildman–Crippen MR) is 116 cm³/mol. The molecule has 0 bridgehead atoms. The van der Waals surface area contributed by atoms with Crippen LogP contribution in [0.15, 0.2) is 48.5 Å². The fourth-order valence-electron chi connectivity index (χ4n) is 4.93. The van der Waals surface area contributed by atoms with Crippen molar-refractivity contribution < 1.29 is 9.53 Å². The Labute approximate surface area is 174 Å². The zero-order valence-corrected chi connectivity index (χ0v) is 17.6. The van der Waals surface area contributed by atoms with Crippen LogP contribution in [0.4, 0.5) is 0 Å². The number of ether oxygens (including phenoxy) is 1. The molecular formula is C25H32N2O2. The second-order valence-corrected chi connectivity index (χ2v) is 8.50. The lowest BCUT2D eigenvalue weighted by atomic mass is 9.83. The number of hydrogen-bond donors (Lipinski definition) is 0. The van der Waals surface area contributed by atoms with Crippen LogP contribution in [0, 0.1) is 12.8 Å². The molecule has 4 heteroatoms. The molecule has 0 spiro atoms. The summed E-state index contributed by atoms with van der Waals surface area (Å²) in [7, 11) is 1.69. The molecule has 2 atom stereocenters. The molecular weight excluding hydrogens is 360 g/mol. The van der Waals surface area contributed by atoms with E-state index in [0.717, 1.165) is 51.2 Å². The average Bonchev–Trinajstić information content (AvgIpc) is 2.75. The minimum absolute atomic E-state index is 0.340. The first kappa shape index (κ1) is 20.0. The fraction of sp³-hybridized carbons (Fsp3) is 0.480. The van der Waals surface area contributed by atoms with E-state index in [1.54, 1.807) is 7.11 Å². The largest absolute Gasteiger partial charge is 0.497 e. The van der Waals surface area contributed by atoms with Crippen molar-refractivity contribution in [3.8, 4) is 5.75 Å². The molecule has 2 aliphatic heterocycles. The second kappa shape index (κ2) is 9.00. The van der Waals surface area contributed by atoms with Crippen molar-refractivity contribution in [3.63, 3.8) is 0 Å². The monoisotopic (exact) mass is 392 g/mol. The summed E-state index contributed by atoms with van der Waals surface area (Å²) in [5.41, 5.74) is 4.06. The Hall–Kier alpha value is -2.33. The van der Waals surface area contributed by atoms with E-state index in [1.807, 2.05) is 12.1 Å². The van der Waals surface area contributed by atoms with Crippen LogP contribution < -0.4 is 4.74 Å². The highest BCUT2D eigenvalue weighted by atomic mass is 16.5. The van der Waals surface area contributed by atoms with Gasteiger partial charge in [0.2, 0.25) is 5.91 Å². The normalized spacial score (nSPS) is 22.4. The maximum absolute atomic E-state index is 12.7. The summed E-state index contributed by atoms with van der Waals surface area (Å²) in [6.45, 7) is 6.22. The summed E-state index contributed by atoms with van der Waals surface area (Å²) < 4.78 is 5.24. The lowest BCUT2D eigenvalue weighted by molar-refractivity contribution is -0.141. The van der Waals surface area contributed by atoms with Crippen molar-refractivity contribution in [2.45, 2.75) is 45.2 Å². The highest BCUT2D eigenvalue weighted by Crippen LogP contribution is 2.32. The number of benzene rings is 2. The van der Waals surface area contributed by atoms with Crippen molar-refractivity contribution in [2.24, 2.45) is 5.92 Å². The zero-order chi connectivity index (χ0) is 20.2. The molecule has 2 heterocycles. The summed E-state index contributed by atoms with van der Waals surface area (Å²) in [4.78, 5) is 17.4. The Morgan fingerprint density at radius 3 is 2.62 bits per heavy atom. The van der Waals surface area contributed by atoms with Gasteiger partial charge < -0.3 is 9.64 Å². The minimum Gasteiger partial charge on any atom is -0.497 e. The van der Waals surface area contributed by atoms with E-state index in [-0.39, 0.29) is 0 Å². The van der Waals surface area contributed by atoms with E-state index in [2.05, 4.69) is 53.1 Å². The molecule has 0 radical (unpaired) electrons. The zero-order valence-electron chi connectivity index (χ0n) is 17.6. The Balaban J connectivity index is 1.36. The highest BCUT2D eigenvalue weighted by Gasteiger charge is 2.38. The van der Waals surface area contributed by atoms with E-state index >= 15 is 0 Å². The van der Waals surface area contributed by atoms with Crippen molar-refractivity contribution in [1.29, 1.82) is 0 Å². The van der Waals surface area contributed by atoms with Crippen LogP contribution in [-0.4, -0.2) is 48.5 Å². The van der Waals surface area contributed by atoms with Gasteiger partial charge >= 0.3 is 0 Å². The molecule has 0 aliphatic carbocycles. The van der Waals surface area contributed by atoms with Crippen molar-refractivity contribution >= 4 is 5.91 Å². The molecule has 2 aliphatic rings. The van der Waals surface area contributed by atoms with E-state index in [0.29, 0.717) is 24.3 Å². The van der Waals surface area contributed by atoms with E-state index < -0.39 is 0 Å². The first-order chi connectivity index (χ1) is 14.1. The molecule has 2 aromatic rings. The highest BCUT2D eigenvalue weighted by molar-refractivity contribution is 5.77. The third kappa shape index (κ3) is 4.64. The number of piperidine rings is 2. The molecule has 4 rings (SSSR count). The fourth-order valence-corrected chi connectivity index (χ4v) is 4.93. The number of rotatable bonds is 6. The summed E-state index contributed by atoms with van der Waals surface area (Å²) in [6.07, 6.45) is 3.73. The molecule has 154 valence electrons. The first-order valence-electron chi connectivity index (χ1n) is 10.8. The Kier molecular flexibility index (Phi) is 6.19. The number of amides is 1.